The van der Waals surface area contributed by atoms with E-state index in [0.717, 1.165) is 0 Å². The third-order valence-corrected chi connectivity index (χ3v) is 1.65. The summed E-state index contributed by atoms with van der Waals surface area (Å²) in [5.74, 6) is -0.514. The van der Waals surface area contributed by atoms with Crippen molar-refractivity contribution < 1.29 is 42.5 Å². The van der Waals surface area contributed by atoms with Gasteiger partial charge in [0.05, 0.1) is 15.9 Å². The van der Waals surface area contributed by atoms with Crippen LogP contribution >= 0.6 is 0 Å². The topological polar surface area (TPSA) is 83.2 Å². The van der Waals surface area contributed by atoms with Crippen LogP contribution in [0.15, 0.2) is 0 Å². The smallest absolute Gasteiger partial charge is 0.748 e. The summed E-state index contributed by atoms with van der Waals surface area (Å²) in [6, 6.07) is 0. The first-order valence-electron chi connectivity index (χ1n) is 2.43. The Hall–Kier alpha value is 0.870. The van der Waals surface area contributed by atoms with Gasteiger partial charge in [-0.3, -0.25) is 0 Å². The minimum Gasteiger partial charge on any atom is -0.748 e. The molecule has 0 aromatic carbocycles. The van der Waals surface area contributed by atoms with E-state index in [4.69, 9.17) is 5.73 Å². The fraction of sp³-hybridized carbons (Fsp3) is 1.00. The molecule has 0 atom stereocenters. The Bertz CT molecular complexity index is 181. The van der Waals surface area contributed by atoms with Gasteiger partial charge in [0.15, 0.2) is 0 Å². The standard InChI is InChI=1S/C4H11NO3S.Na/c1-4(2,5)3-9(6,7)8;/h3,5H2,1-2H3,(H,6,7,8);/q;+1/p-1. The summed E-state index contributed by atoms with van der Waals surface area (Å²) < 4.78 is 30.0. The Morgan fingerprint density at radius 3 is 1.80 bits per heavy atom. The van der Waals surface area contributed by atoms with E-state index in [1.165, 1.54) is 13.8 Å². The molecular formula is C4H10NNaO3S. The molecule has 0 aromatic heterocycles. The summed E-state index contributed by atoms with van der Waals surface area (Å²) in [7, 11) is -4.16. The van der Waals surface area contributed by atoms with E-state index in [-0.39, 0.29) is 29.6 Å². The third kappa shape index (κ3) is 11.6. The zero-order valence-corrected chi connectivity index (χ0v) is 9.23. The fourth-order valence-corrected chi connectivity index (χ4v) is 1.37. The molecule has 0 heterocycles. The molecule has 0 saturated heterocycles. The summed E-state index contributed by atoms with van der Waals surface area (Å²) >= 11 is 0. The van der Waals surface area contributed by atoms with Crippen molar-refractivity contribution in [2.45, 2.75) is 19.4 Å². The summed E-state index contributed by atoms with van der Waals surface area (Å²) in [4.78, 5) is 0. The van der Waals surface area contributed by atoms with Gasteiger partial charge < -0.3 is 10.3 Å². The van der Waals surface area contributed by atoms with Gasteiger partial charge in [0.1, 0.15) is 0 Å². The molecule has 0 fully saturated rings. The molecule has 0 aliphatic rings. The van der Waals surface area contributed by atoms with Crippen LogP contribution in [0.3, 0.4) is 0 Å². The molecule has 4 nitrogen and oxygen atoms in total. The number of rotatable bonds is 2. The van der Waals surface area contributed by atoms with Crippen molar-refractivity contribution in [3.63, 3.8) is 0 Å². The Morgan fingerprint density at radius 1 is 1.50 bits per heavy atom. The molecule has 0 aromatic rings. The zero-order valence-electron chi connectivity index (χ0n) is 6.42. The molecule has 0 radical (unpaired) electrons. The second kappa shape index (κ2) is 4.04. The van der Waals surface area contributed by atoms with Gasteiger partial charge in [-0.15, -0.1) is 0 Å². The maximum atomic E-state index is 10.0. The van der Waals surface area contributed by atoms with Crippen molar-refractivity contribution in [3.8, 4) is 0 Å². The monoisotopic (exact) mass is 175 g/mol. The van der Waals surface area contributed by atoms with Crippen molar-refractivity contribution in [1.82, 2.24) is 0 Å². The van der Waals surface area contributed by atoms with E-state index in [1.54, 1.807) is 0 Å². The van der Waals surface area contributed by atoms with Crippen LogP contribution in [0.1, 0.15) is 13.8 Å². The maximum absolute atomic E-state index is 10.0. The SMILES string of the molecule is CC(C)(N)CS(=O)(=O)[O-].[Na+]. The molecule has 2 N–H and O–H groups in total. The van der Waals surface area contributed by atoms with Crippen LogP contribution in [0, 0.1) is 0 Å². The molecule has 0 bridgehead atoms. The van der Waals surface area contributed by atoms with Crippen LogP contribution < -0.4 is 35.3 Å². The summed E-state index contributed by atoms with van der Waals surface area (Å²) in [6.07, 6.45) is 0. The summed E-state index contributed by atoms with van der Waals surface area (Å²) in [6.45, 7) is 2.98. The average molecular weight is 175 g/mol. The van der Waals surface area contributed by atoms with Gasteiger partial charge in [-0.05, 0) is 13.8 Å². The number of hydrogen-bond acceptors (Lipinski definition) is 4. The van der Waals surface area contributed by atoms with E-state index < -0.39 is 21.4 Å². The molecule has 56 valence electrons. The first kappa shape index (κ1) is 13.5. The molecule has 0 spiro atoms. The molecule has 0 unspecified atom stereocenters. The molecule has 0 aliphatic heterocycles. The molecule has 0 amide bonds. The Morgan fingerprint density at radius 2 is 1.80 bits per heavy atom. The molecule has 0 rings (SSSR count). The van der Waals surface area contributed by atoms with E-state index in [0.29, 0.717) is 0 Å². The molecular weight excluding hydrogens is 165 g/mol. The predicted molar refractivity (Wildman–Crippen MR) is 32.8 cm³/mol. The Balaban J connectivity index is 0. The van der Waals surface area contributed by atoms with E-state index >= 15 is 0 Å². The molecule has 0 saturated carbocycles. The van der Waals surface area contributed by atoms with Crippen LogP contribution in [-0.2, 0) is 10.1 Å². The van der Waals surface area contributed by atoms with Gasteiger partial charge in [-0.1, -0.05) is 0 Å². The van der Waals surface area contributed by atoms with E-state index in [2.05, 4.69) is 0 Å². The van der Waals surface area contributed by atoms with Crippen molar-refractivity contribution in [1.29, 1.82) is 0 Å². The van der Waals surface area contributed by atoms with Gasteiger partial charge in [0.2, 0.25) is 0 Å². The third-order valence-electron chi connectivity index (χ3n) is 0.549. The molecule has 0 aliphatic carbocycles. The largest absolute Gasteiger partial charge is 1.00 e. The van der Waals surface area contributed by atoms with Crippen molar-refractivity contribution in [3.05, 3.63) is 0 Å². The van der Waals surface area contributed by atoms with Gasteiger partial charge in [0.25, 0.3) is 0 Å². The molecule has 10 heavy (non-hydrogen) atoms. The van der Waals surface area contributed by atoms with Gasteiger partial charge in [-0.2, -0.15) is 0 Å². The summed E-state index contributed by atoms with van der Waals surface area (Å²) in [5, 5.41) is 0. The first-order chi connectivity index (χ1) is 3.71. The van der Waals surface area contributed by atoms with Gasteiger partial charge >= 0.3 is 29.6 Å². The summed E-state index contributed by atoms with van der Waals surface area (Å²) in [5.41, 5.74) is 4.33. The second-order valence-electron chi connectivity index (χ2n) is 2.69. The van der Waals surface area contributed by atoms with Crippen LogP contribution in [0.2, 0.25) is 0 Å². The zero-order chi connectivity index (χ0) is 7.71. The van der Waals surface area contributed by atoms with Gasteiger partial charge in [0, 0.05) is 5.54 Å². The quantitative estimate of drug-likeness (QED) is 0.345. The van der Waals surface area contributed by atoms with E-state index in [9.17, 15) is 13.0 Å². The van der Waals surface area contributed by atoms with Crippen LogP contribution in [-0.4, -0.2) is 24.3 Å². The van der Waals surface area contributed by atoms with Crippen molar-refractivity contribution in [2.24, 2.45) is 5.73 Å². The molecule has 6 heteroatoms. The van der Waals surface area contributed by atoms with Crippen molar-refractivity contribution >= 4 is 10.1 Å². The number of hydrogen-bond donors (Lipinski definition) is 1. The first-order valence-corrected chi connectivity index (χ1v) is 4.01. The Labute approximate surface area is 83.2 Å². The van der Waals surface area contributed by atoms with Crippen LogP contribution in [0.4, 0.5) is 0 Å². The Kier molecular flexibility index (Phi) is 5.43. The maximum Gasteiger partial charge on any atom is 1.00 e. The second-order valence-corrected chi connectivity index (χ2v) is 4.09. The van der Waals surface area contributed by atoms with Crippen LogP contribution in [0.25, 0.3) is 0 Å². The average Bonchev–Trinajstić information content (AvgIpc) is 1.14. The van der Waals surface area contributed by atoms with Crippen molar-refractivity contribution in [2.75, 3.05) is 5.75 Å². The minimum atomic E-state index is -4.16. The van der Waals surface area contributed by atoms with Crippen LogP contribution in [0.5, 0.6) is 0 Å². The van der Waals surface area contributed by atoms with Gasteiger partial charge in [-0.25, -0.2) is 8.42 Å². The van der Waals surface area contributed by atoms with E-state index in [1.807, 2.05) is 0 Å². The number of nitrogens with two attached hydrogens (primary N) is 1. The predicted octanol–water partition coefficient (Wildman–Crippen LogP) is -3.73. The fourth-order valence-electron chi connectivity index (χ4n) is 0.456. The normalized spacial score (nSPS) is 12.4. The minimum absolute atomic E-state index is 0.